The Morgan fingerprint density at radius 3 is 3.00 bits per heavy atom. The second-order valence-corrected chi connectivity index (χ2v) is 3.85. The van der Waals surface area contributed by atoms with Crippen LogP contribution in [-0.4, -0.2) is 12.5 Å². The topological polar surface area (TPSA) is 41.8 Å². The van der Waals surface area contributed by atoms with E-state index in [1.54, 1.807) is 0 Å². The Morgan fingerprint density at radius 1 is 1.33 bits per heavy atom. The number of amides is 1. The zero-order valence-electron chi connectivity index (χ0n) is 8.40. The normalized spacial score (nSPS) is 21.7. The highest BCUT2D eigenvalue weighted by molar-refractivity contribution is 5.88. The lowest BCUT2D eigenvalue weighted by atomic mass is 9.95. The second-order valence-electron chi connectivity index (χ2n) is 3.85. The van der Waals surface area contributed by atoms with Crippen molar-refractivity contribution in [3.63, 3.8) is 0 Å². The monoisotopic (exact) mass is 198 g/mol. The summed E-state index contributed by atoms with van der Waals surface area (Å²) in [5.74, 6) is -0.162. The maximum atomic E-state index is 11.5. The van der Waals surface area contributed by atoms with Crippen LogP contribution in [0, 0.1) is 0 Å². The molecule has 1 unspecified atom stereocenters. The third-order valence-corrected chi connectivity index (χ3v) is 2.93. The van der Waals surface area contributed by atoms with E-state index in [0.717, 1.165) is 28.4 Å². The highest BCUT2D eigenvalue weighted by Crippen LogP contribution is 2.21. The molecule has 0 spiro atoms. The molecule has 0 aliphatic carbocycles. The number of hydrogen-bond acceptors (Lipinski definition) is 2. The van der Waals surface area contributed by atoms with Crippen molar-refractivity contribution in [2.75, 3.05) is 6.54 Å². The van der Waals surface area contributed by atoms with Crippen molar-refractivity contribution in [3.8, 4) is 0 Å². The second kappa shape index (κ2) is 2.86. The highest BCUT2D eigenvalue weighted by atomic mass is 16.1. The van der Waals surface area contributed by atoms with Gasteiger partial charge in [-0.25, -0.2) is 4.99 Å². The fraction of sp³-hybridized carbons (Fsp3) is 0.250. The quantitative estimate of drug-likeness (QED) is 0.601. The molecule has 3 rings (SSSR count). The third kappa shape index (κ3) is 1.09. The number of hydrogen-bond donors (Lipinski definition) is 0. The molecule has 0 saturated heterocycles. The Bertz CT molecular complexity index is 599. The summed E-state index contributed by atoms with van der Waals surface area (Å²) in [5.41, 5.74) is 2.11. The Labute approximate surface area is 86.9 Å². The number of nitrogens with zero attached hydrogens (tertiary/aromatic N) is 2. The number of fused-ring (bicyclic) bond motifs is 3. The van der Waals surface area contributed by atoms with E-state index in [1.165, 1.54) is 0 Å². The van der Waals surface area contributed by atoms with E-state index >= 15 is 0 Å². The molecule has 0 radical (unpaired) electrons. The predicted molar refractivity (Wildman–Crippen MR) is 56.1 cm³/mol. The molecule has 74 valence electrons. The summed E-state index contributed by atoms with van der Waals surface area (Å²) in [5, 5.41) is 1.79. The minimum absolute atomic E-state index is 0.0441. The molecule has 0 bridgehead atoms. The van der Waals surface area contributed by atoms with Gasteiger partial charge in [0.1, 0.15) is 0 Å². The van der Waals surface area contributed by atoms with E-state index in [9.17, 15) is 4.79 Å². The zero-order chi connectivity index (χ0) is 10.4. The lowest BCUT2D eigenvalue weighted by Gasteiger charge is -2.08. The fourth-order valence-corrected chi connectivity index (χ4v) is 2.14. The largest absolute Gasteiger partial charge is 0.281 e. The summed E-state index contributed by atoms with van der Waals surface area (Å²) in [6.07, 6.45) is 4.06. The van der Waals surface area contributed by atoms with Crippen LogP contribution in [0.15, 0.2) is 28.2 Å². The van der Waals surface area contributed by atoms with Gasteiger partial charge in [0, 0.05) is 5.56 Å². The predicted octanol–water partition coefficient (Wildman–Crippen LogP) is 0.596. The van der Waals surface area contributed by atoms with E-state index in [2.05, 4.69) is 9.98 Å². The Morgan fingerprint density at radius 2 is 2.13 bits per heavy atom. The van der Waals surface area contributed by atoms with E-state index in [-0.39, 0.29) is 11.8 Å². The molecule has 1 aromatic carbocycles. The van der Waals surface area contributed by atoms with Crippen molar-refractivity contribution in [1.82, 2.24) is 0 Å². The molecule has 0 saturated carbocycles. The van der Waals surface area contributed by atoms with Gasteiger partial charge >= 0.3 is 0 Å². The smallest absolute Gasteiger partial charge is 0.253 e. The summed E-state index contributed by atoms with van der Waals surface area (Å²) in [4.78, 5) is 19.9. The van der Waals surface area contributed by atoms with Gasteiger partial charge in [0.15, 0.2) is 0 Å². The van der Waals surface area contributed by atoms with Gasteiger partial charge in [-0.2, -0.15) is 0 Å². The van der Waals surface area contributed by atoms with Crippen molar-refractivity contribution >= 4 is 12.0 Å². The number of benzene rings is 1. The van der Waals surface area contributed by atoms with Crippen molar-refractivity contribution in [3.05, 3.63) is 40.1 Å². The van der Waals surface area contributed by atoms with Gasteiger partial charge in [0.05, 0.1) is 23.2 Å². The molecule has 0 fully saturated rings. The molecule has 2 heterocycles. The van der Waals surface area contributed by atoms with Crippen LogP contribution in [0.4, 0.5) is 0 Å². The maximum Gasteiger partial charge on any atom is 0.253 e. The molecule has 15 heavy (non-hydrogen) atoms. The van der Waals surface area contributed by atoms with Crippen LogP contribution in [0.1, 0.15) is 24.0 Å². The minimum Gasteiger partial charge on any atom is -0.281 e. The summed E-state index contributed by atoms with van der Waals surface area (Å²) >= 11 is 0. The first-order chi connectivity index (χ1) is 7.27. The summed E-state index contributed by atoms with van der Waals surface area (Å²) in [7, 11) is 0. The average molecular weight is 198 g/mol. The van der Waals surface area contributed by atoms with Crippen molar-refractivity contribution in [2.24, 2.45) is 9.98 Å². The van der Waals surface area contributed by atoms with Gasteiger partial charge in [-0.05, 0) is 24.6 Å². The number of rotatable bonds is 0. The van der Waals surface area contributed by atoms with Gasteiger partial charge in [-0.1, -0.05) is 12.2 Å². The molecule has 3 nitrogen and oxygen atoms in total. The summed E-state index contributed by atoms with van der Waals surface area (Å²) in [6.45, 7) is 2.63. The lowest BCUT2D eigenvalue weighted by Crippen LogP contribution is -2.20. The van der Waals surface area contributed by atoms with E-state index in [0.29, 0.717) is 0 Å². The molecule has 1 aromatic rings. The number of carbonyl (C=O) groups excluding carboxylic acids is 1. The Kier molecular flexibility index (Phi) is 1.63. The van der Waals surface area contributed by atoms with E-state index in [4.69, 9.17) is 0 Å². The first-order valence-corrected chi connectivity index (χ1v) is 5.04. The van der Waals surface area contributed by atoms with Crippen molar-refractivity contribution in [1.29, 1.82) is 0 Å². The number of carbonyl (C=O) groups is 1. The van der Waals surface area contributed by atoms with E-state index < -0.39 is 0 Å². The third-order valence-electron chi connectivity index (χ3n) is 2.93. The van der Waals surface area contributed by atoms with Crippen LogP contribution in [0.2, 0.25) is 0 Å². The summed E-state index contributed by atoms with van der Waals surface area (Å²) in [6, 6.07) is 3.82. The van der Waals surface area contributed by atoms with Gasteiger partial charge in [0.2, 0.25) is 0 Å². The van der Waals surface area contributed by atoms with Crippen molar-refractivity contribution < 1.29 is 4.79 Å². The van der Waals surface area contributed by atoms with Crippen LogP contribution >= 0.6 is 0 Å². The molecular formula is C12H10N2O. The Hall–Kier alpha value is -1.77. The van der Waals surface area contributed by atoms with Gasteiger partial charge in [-0.15, -0.1) is 0 Å². The SMILES string of the molecule is CC1C(=O)N=c2ccc3c(c21)C=CCN=3. The molecule has 2 aliphatic heterocycles. The standard InChI is InChI=1S/C12H10N2O/c1-7-11-8-3-2-6-13-9(8)4-5-10(11)14-12(7)15/h2-5,7H,6H2,1H3. The Balaban J connectivity index is 2.42. The van der Waals surface area contributed by atoms with Crippen molar-refractivity contribution in [2.45, 2.75) is 12.8 Å². The lowest BCUT2D eigenvalue weighted by molar-refractivity contribution is -0.118. The van der Waals surface area contributed by atoms with Crippen LogP contribution in [0.3, 0.4) is 0 Å². The molecule has 0 aromatic heterocycles. The summed E-state index contributed by atoms with van der Waals surface area (Å²) < 4.78 is 0. The first kappa shape index (κ1) is 8.53. The van der Waals surface area contributed by atoms with Gasteiger partial charge in [-0.3, -0.25) is 9.79 Å². The van der Waals surface area contributed by atoms with Crippen LogP contribution in [-0.2, 0) is 4.79 Å². The van der Waals surface area contributed by atoms with Crippen LogP contribution in [0.5, 0.6) is 0 Å². The molecule has 3 heteroatoms. The fourth-order valence-electron chi connectivity index (χ4n) is 2.14. The van der Waals surface area contributed by atoms with Crippen LogP contribution < -0.4 is 10.7 Å². The van der Waals surface area contributed by atoms with Crippen LogP contribution in [0.25, 0.3) is 6.08 Å². The maximum absolute atomic E-state index is 11.5. The highest BCUT2D eigenvalue weighted by Gasteiger charge is 2.25. The van der Waals surface area contributed by atoms with Gasteiger partial charge < -0.3 is 0 Å². The minimum atomic E-state index is -0.118. The average Bonchev–Trinajstić information content (AvgIpc) is 2.55. The van der Waals surface area contributed by atoms with E-state index in [1.807, 2.05) is 31.2 Å². The molecule has 1 atom stereocenters. The molecule has 1 amide bonds. The molecule has 0 N–H and O–H groups in total. The molecule has 2 aliphatic rings. The molecular weight excluding hydrogens is 188 g/mol. The zero-order valence-corrected chi connectivity index (χ0v) is 8.40. The van der Waals surface area contributed by atoms with Gasteiger partial charge in [0.25, 0.3) is 5.91 Å². The first-order valence-electron chi connectivity index (χ1n) is 5.04.